The van der Waals surface area contributed by atoms with Crippen molar-refractivity contribution in [2.45, 2.75) is 31.1 Å². The summed E-state index contributed by atoms with van der Waals surface area (Å²) in [7, 11) is -3.75. The average molecular weight is 415 g/mol. The molecule has 0 spiro atoms. The minimum absolute atomic E-state index is 0.0180. The molecule has 0 saturated carbocycles. The lowest BCUT2D eigenvalue weighted by Gasteiger charge is -2.19. The van der Waals surface area contributed by atoms with E-state index in [0.29, 0.717) is 6.61 Å². The van der Waals surface area contributed by atoms with Crippen LogP contribution in [0.25, 0.3) is 0 Å². The van der Waals surface area contributed by atoms with Crippen molar-refractivity contribution >= 4 is 15.9 Å². The minimum atomic E-state index is -3.75. The average Bonchev–Trinajstić information content (AvgIpc) is 2.69. The number of ether oxygens (including phenoxy) is 1. The van der Waals surface area contributed by atoms with E-state index in [0.717, 1.165) is 5.75 Å². The lowest BCUT2D eigenvalue weighted by molar-refractivity contribution is 0.0946. The van der Waals surface area contributed by atoms with Gasteiger partial charge in [0.1, 0.15) is 12.4 Å². The Hall–Kier alpha value is -2.82. The molecule has 0 radical (unpaired) electrons. The van der Waals surface area contributed by atoms with Crippen LogP contribution in [0.4, 0.5) is 0 Å². The maximum atomic E-state index is 12.3. The standard InChI is InChI=1S/C22H26N2O4S/c1-5-13-24-29(26,27)20-8-6-7-17(16-20)21(25)23-14-15-28-19-11-9-18(10-12-19)22(2,3)4/h1,6-12,16,24H,13-15H2,2-4H3,(H,23,25). The van der Waals surface area contributed by atoms with Gasteiger partial charge in [0.15, 0.2) is 0 Å². The van der Waals surface area contributed by atoms with E-state index in [9.17, 15) is 13.2 Å². The summed E-state index contributed by atoms with van der Waals surface area (Å²) in [6.07, 6.45) is 5.08. The number of rotatable bonds is 8. The number of terminal acetylenes is 1. The third-order valence-electron chi connectivity index (χ3n) is 4.15. The van der Waals surface area contributed by atoms with Crippen LogP contribution in [0.5, 0.6) is 5.75 Å². The number of carbonyl (C=O) groups excluding carboxylic acids is 1. The molecule has 0 aliphatic rings. The highest BCUT2D eigenvalue weighted by Gasteiger charge is 2.15. The molecule has 0 atom stereocenters. The molecule has 29 heavy (non-hydrogen) atoms. The van der Waals surface area contributed by atoms with Crippen LogP contribution in [0.3, 0.4) is 0 Å². The van der Waals surface area contributed by atoms with Crippen LogP contribution in [-0.4, -0.2) is 34.0 Å². The third-order valence-corrected chi connectivity index (χ3v) is 5.55. The van der Waals surface area contributed by atoms with Crippen molar-refractivity contribution in [1.29, 1.82) is 0 Å². The summed E-state index contributed by atoms with van der Waals surface area (Å²) >= 11 is 0. The quantitative estimate of drug-likeness (QED) is 0.514. The van der Waals surface area contributed by atoms with E-state index in [1.807, 2.05) is 24.3 Å². The van der Waals surface area contributed by atoms with E-state index < -0.39 is 10.0 Å². The highest BCUT2D eigenvalue weighted by molar-refractivity contribution is 7.89. The smallest absolute Gasteiger partial charge is 0.251 e. The third kappa shape index (κ3) is 6.63. The summed E-state index contributed by atoms with van der Waals surface area (Å²) in [4.78, 5) is 12.3. The first kappa shape index (κ1) is 22.5. The maximum Gasteiger partial charge on any atom is 0.251 e. The Morgan fingerprint density at radius 3 is 2.45 bits per heavy atom. The Morgan fingerprint density at radius 1 is 1.14 bits per heavy atom. The molecule has 0 fully saturated rings. The van der Waals surface area contributed by atoms with Crippen molar-refractivity contribution in [3.8, 4) is 18.1 Å². The Morgan fingerprint density at radius 2 is 1.83 bits per heavy atom. The molecule has 2 rings (SSSR count). The van der Waals surface area contributed by atoms with Crippen LogP contribution >= 0.6 is 0 Å². The first-order valence-electron chi connectivity index (χ1n) is 9.18. The van der Waals surface area contributed by atoms with Crippen LogP contribution in [0, 0.1) is 12.3 Å². The fraction of sp³-hybridized carbons (Fsp3) is 0.318. The van der Waals surface area contributed by atoms with Gasteiger partial charge in [0.05, 0.1) is 18.0 Å². The summed E-state index contributed by atoms with van der Waals surface area (Å²) in [6, 6.07) is 13.6. The van der Waals surface area contributed by atoms with Crippen molar-refractivity contribution in [1.82, 2.24) is 10.0 Å². The Balaban J connectivity index is 1.88. The zero-order valence-corrected chi connectivity index (χ0v) is 17.7. The molecule has 0 saturated heterocycles. The van der Waals surface area contributed by atoms with Gasteiger partial charge in [-0.2, -0.15) is 4.72 Å². The second kappa shape index (κ2) is 9.59. The van der Waals surface area contributed by atoms with E-state index >= 15 is 0 Å². The molecule has 0 aliphatic heterocycles. The van der Waals surface area contributed by atoms with Crippen molar-refractivity contribution in [3.05, 3.63) is 59.7 Å². The van der Waals surface area contributed by atoms with Gasteiger partial charge in [0.25, 0.3) is 5.91 Å². The second-order valence-electron chi connectivity index (χ2n) is 7.44. The number of benzene rings is 2. The molecule has 0 bridgehead atoms. The first-order valence-corrected chi connectivity index (χ1v) is 10.7. The fourth-order valence-electron chi connectivity index (χ4n) is 2.51. The number of sulfonamides is 1. The van der Waals surface area contributed by atoms with Crippen LogP contribution in [0.2, 0.25) is 0 Å². The Labute approximate surface area is 172 Å². The highest BCUT2D eigenvalue weighted by Crippen LogP contribution is 2.24. The molecule has 2 N–H and O–H groups in total. The van der Waals surface area contributed by atoms with E-state index in [-0.39, 0.29) is 34.9 Å². The van der Waals surface area contributed by atoms with Gasteiger partial charge in [0, 0.05) is 5.56 Å². The second-order valence-corrected chi connectivity index (χ2v) is 9.20. The number of amides is 1. The Bertz CT molecular complexity index is 985. The molecule has 0 heterocycles. The molecular formula is C22H26N2O4S. The molecule has 2 aromatic rings. The molecule has 2 aromatic carbocycles. The largest absolute Gasteiger partial charge is 0.492 e. The normalized spacial score (nSPS) is 11.5. The molecule has 0 aliphatic carbocycles. The monoisotopic (exact) mass is 414 g/mol. The van der Waals surface area contributed by atoms with Crippen molar-refractivity contribution < 1.29 is 17.9 Å². The van der Waals surface area contributed by atoms with E-state index in [4.69, 9.17) is 11.2 Å². The van der Waals surface area contributed by atoms with Gasteiger partial charge >= 0.3 is 0 Å². The van der Waals surface area contributed by atoms with Gasteiger partial charge in [-0.3, -0.25) is 4.79 Å². The predicted octanol–water partition coefficient (Wildman–Crippen LogP) is 2.70. The zero-order valence-electron chi connectivity index (χ0n) is 16.9. The summed E-state index contributed by atoms with van der Waals surface area (Å²) in [6.45, 7) is 6.89. The predicted molar refractivity (Wildman–Crippen MR) is 113 cm³/mol. The molecule has 1 amide bonds. The molecule has 154 valence electrons. The number of nitrogens with one attached hydrogen (secondary N) is 2. The van der Waals surface area contributed by atoms with E-state index in [1.54, 1.807) is 6.07 Å². The summed E-state index contributed by atoms with van der Waals surface area (Å²) in [5.41, 5.74) is 1.53. The number of hydrogen-bond acceptors (Lipinski definition) is 4. The van der Waals surface area contributed by atoms with Crippen molar-refractivity contribution in [3.63, 3.8) is 0 Å². The highest BCUT2D eigenvalue weighted by atomic mass is 32.2. The summed E-state index contributed by atoms with van der Waals surface area (Å²) in [5, 5.41) is 2.72. The van der Waals surface area contributed by atoms with Crippen LogP contribution in [0.15, 0.2) is 53.4 Å². The van der Waals surface area contributed by atoms with Crippen LogP contribution in [-0.2, 0) is 15.4 Å². The summed E-state index contributed by atoms with van der Waals surface area (Å²) in [5.74, 6) is 2.54. The van der Waals surface area contributed by atoms with Crippen molar-refractivity contribution in [2.75, 3.05) is 19.7 Å². The zero-order chi connectivity index (χ0) is 21.5. The van der Waals surface area contributed by atoms with E-state index in [2.05, 4.69) is 36.7 Å². The van der Waals surface area contributed by atoms with E-state index in [1.165, 1.54) is 23.8 Å². The molecular weight excluding hydrogens is 388 g/mol. The number of carbonyl (C=O) groups is 1. The lowest BCUT2D eigenvalue weighted by Crippen LogP contribution is -2.29. The van der Waals surface area contributed by atoms with Gasteiger partial charge in [-0.15, -0.1) is 6.42 Å². The lowest BCUT2D eigenvalue weighted by atomic mass is 9.87. The SMILES string of the molecule is C#CCNS(=O)(=O)c1cccc(C(=O)NCCOc2ccc(C(C)(C)C)cc2)c1. The van der Waals surface area contributed by atoms with Gasteiger partial charge in [-0.05, 0) is 41.3 Å². The Kier molecular flexibility index (Phi) is 7.43. The molecule has 0 aromatic heterocycles. The van der Waals surface area contributed by atoms with Gasteiger partial charge in [-0.25, -0.2) is 8.42 Å². The van der Waals surface area contributed by atoms with Gasteiger partial charge in [0.2, 0.25) is 10.0 Å². The minimum Gasteiger partial charge on any atom is -0.492 e. The maximum absolute atomic E-state index is 12.3. The van der Waals surface area contributed by atoms with Crippen LogP contribution in [0.1, 0.15) is 36.7 Å². The van der Waals surface area contributed by atoms with Crippen LogP contribution < -0.4 is 14.8 Å². The molecule has 7 heteroatoms. The van der Waals surface area contributed by atoms with Gasteiger partial charge in [-0.1, -0.05) is 44.9 Å². The van der Waals surface area contributed by atoms with Gasteiger partial charge < -0.3 is 10.1 Å². The summed E-state index contributed by atoms with van der Waals surface area (Å²) < 4.78 is 32.1. The molecule has 0 unspecified atom stereocenters. The topological polar surface area (TPSA) is 84.5 Å². The first-order chi connectivity index (χ1) is 13.6. The fourth-order valence-corrected chi connectivity index (χ4v) is 3.49. The number of hydrogen-bond donors (Lipinski definition) is 2. The van der Waals surface area contributed by atoms with Crippen molar-refractivity contribution in [2.24, 2.45) is 0 Å². The molecule has 6 nitrogen and oxygen atoms in total.